The summed E-state index contributed by atoms with van der Waals surface area (Å²) in [5.74, 6) is -0.106. The largest absolute Gasteiger partial charge is 0.462 e. The summed E-state index contributed by atoms with van der Waals surface area (Å²) in [5, 5.41) is 11.8. The Morgan fingerprint density at radius 3 is 2.32 bits per heavy atom. The van der Waals surface area contributed by atoms with E-state index < -0.39 is 0 Å². The van der Waals surface area contributed by atoms with Gasteiger partial charge in [-0.3, -0.25) is 4.79 Å². The van der Waals surface area contributed by atoms with Crippen molar-refractivity contribution in [2.24, 2.45) is 5.92 Å². The second kappa shape index (κ2) is 7.85. The minimum absolute atomic E-state index is 0.0699. The van der Waals surface area contributed by atoms with Crippen molar-refractivity contribution in [3.63, 3.8) is 0 Å². The van der Waals surface area contributed by atoms with Gasteiger partial charge in [-0.1, -0.05) is 34.6 Å². The van der Waals surface area contributed by atoms with Crippen molar-refractivity contribution in [1.82, 2.24) is 5.06 Å². The number of hydroxylamine groups is 2. The molecule has 0 bridgehead atoms. The van der Waals surface area contributed by atoms with Crippen molar-refractivity contribution < 1.29 is 14.7 Å². The van der Waals surface area contributed by atoms with Gasteiger partial charge in [-0.05, 0) is 19.8 Å². The fourth-order valence-corrected chi connectivity index (χ4v) is 2.79. The highest BCUT2D eigenvalue weighted by molar-refractivity contribution is 5.66. The molecule has 4 nitrogen and oxygen atoms in total. The van der Waals surface area contributed by atoms with E-state index in [1.165, 1.54) is 12.0 Å². The zero-order valence-electron chi connectivity index (χ0n) is 13.6. The normalized spacial score (nSPS) is 35.3. The van der Waals surface area contributed by atoms with Crippen molar-refractivity contribution in [2.45, 2.75) is 85.4 Å². The summed E-state index contributed by atoms with van der Waals surface area (Å²) in [6.45, 7) is 13.6. The summed E-state index contributed by atoms with van der Waals surface area (Å²) in [7, 11) is 0. The number of piperidine rings is 1. The molecule has 0 aromatic heterocycles. The fourth-order valence-electron chi connectivity index (χ4n) is 2.79. The van der Waals surface area contributed by atoms with E-state index in [0.29, 0.717) is 6.42 Å². The van der Waals surface area contributed by atoms with E-state index in [-0.39, 0.29) is 29.6 Å². The highest BCUT2D eigenvalue weighted by Crippen LogP contribution is 2.40. The zero-order chi connectivity index (χ0) is 15.2. The Bertz CT molecular complexity index is 283. The van der Waals surface area contributed by atoms with Gasteiger partial charge in [-0.25, -0.2) is 0 Å². The van der Waals surface area contributed by atoms with Crippen molar-refractivity contribution >= 4 is 5.97 Å². The van der Waals surface area contributed by atoms with Gasteiger partial charge in [-0.2, -0.15) is 5.06 Å². The lowest BCUT2D eigenvalue weighted by Gasteiger charge is -2.52. The average Bonchev–Trinajstić information content (AvgIpc) is 2.41. The van der Waals surface area contributed by atoms with E-state index in [9.17, 15) is 10.0 Å². The molecular weight excluding hydrogens is 242 g/mol. The van der Waals surface area contributed by atoms with Gasteiger partial charge in [0.1, 0.15) is 6.10 Å². The molecule has 1 aliphatic heterocycles. The Kier molecular flexibility index (Phi) is 7.60. The SMILES string of the molecule is CC.CCC1CC(OC(C)=O)C(C)C(C)(CC)N1O. The van der Waals surface area contributed by atoms with Crippen LogP contribution >= 0.6 is 0 Å². The maximum absolute atomic E-state index is 11.1. The second-order valence-corrected chi connectivity index (χ2v) is 5.29. The van der Waals surface area contributed by atoms with Crippen LogP contribution in [0.2, 0.25) is 0 Å². The first-order valence-electron chi connectivity index (χ1n) is 7.52. The summed E-state index contributed by atoms with van der Waals surface area (Å²) >= 11 is 0. The van der Waals surface area contributed by atoms with Crippen LogP contribution in [0.3, 0.4) is 0 Å². The summed E-state index contributed by atoms with van der Waals surface area (Å²) in [6, 6.07) is 0.0699. The van der Waals surface area contributed by atoms with Crippen molar-refractivity contribution in [2.75, 3.05) is 0 Å². The molecule has 114 valence electrons. The van der Waals surface area contributed by atoms with E-state index in [2.05, 4.69) is 6.92 Å². The summed E-state index contributed by atoms with van der Waals surface area (Å²) in [6.07, 6.45) is 2.31. The molecule has 0 spiro atoms. The van der Waals surface area contributed by atoms with Crippen LogP contribution in [0.15, 0.2) is 0 Å². The lowest BCUT2D eigenvalue weighted by molar-refractivity contribution is -0.257. The molecule has 1 rings (SSSR count). The molecule has 0 aromatic rings. The number of rotatable bonds is 3. The van der Waals surface area contributed by atoms with E-state index in [0.717, 1.165) is 12.8 Å². The molecule has 0 amide bonds. The van der Waals surface area contributed by atoms with Crippen LogP contribution in [-0.4, -0.2) is 33.9 Å². The number of hydrogen-bond acceptors (Lipinski definition) is 4. The molecule has 0 radical (unpaired) electrons. The Hall–Kier alpha value is -0.610. The smallest absolute Gasteiger partial charge is 0.302 e. The zero-order valence-corrected chi connectivity index (χ0v) is 13.6. The molecule has 1 saturated heterocycles. The minimum Gasteiger partial charge on any atom is -0.462 e. The van der Waals surface area contributed by atoms with Gasteiger partial charge in [0.05, 0.1) is 0 Å². The van der Waals surface area contributed by atoms with Crippen LogP contribution in [0.5, 0.6) is 0 Å². The summed E-state index contributed by atoms with van der Waals surface area (Å²) in [5.41, 5.74) is -0.320. The Morgan fingerprint density at radius 1 is 1.42 bits per heavy atom. The second-order valence-electron chi connectivity index (χ2n) is 5.29. The van der Waals surface area contributed by atoms with Crippen molar-refractivity contribution in [1.29, 1.82) is 0 Å². The molecular formula is C15H31NO3. The third-order valence-electron chi connectivity index (χ3n) is 4.42. The predicted molar refractivity (Wildman–Crippen MR) is 77.1 cm³/mol. The quantitative estimate of drug-likeness (QED) is 0.798. The van der Waals surface area contributed by atoms with Crippen LogP contribution in [0.25, 0.3) is 0 Å². The van der Waals surface area contributed by atoms with E-state index in [1.54, 1.807) is 0 Å². The number of hydrogen-bond donors (Lipinski definition) is 1. The topological polar surface area (TPSA) is 49.8 Å². The molecule has 1 aliphatic rings. The monoisotopic (exact) mass is 273 g/mol. The fraction of sp³-hybridized carbons (Fsp3) is 0.933. The highest BCUT2D eigenvalue weighted by Gasteiger charge is 2.48. The Labute approximate surface area is 118 Å². The molecule has 4 atom stereocenters. The minimum atomic E-state index is -0.320. The third kappa shape index (κ3) is 3.93. The van der Waals surface area contributed by atoms with Gasteiger partial charge < -0.3 is 9.94 Å². The van der Waals surface area contributed by atoms with Gasteiger partial charge >= 0.3 is 5.97 Å². The van der Waals surface area contributed by atoms with Gasteiger partial charge in [0, 0.05) is 30.8 Å². The van der Waals surface area contributed by atoms with Gasteiger partial charge in [0.2, 0.25) is 0 Å². The lowest BCUT2D eigenvalue weighted by Crippen LogP contribution is -2.61. The molecule has 0 saturated carbocycles. The molecule has 4 unspecified atom stereocenters. The number of carbonyl (C=O) groups excluding carboxylic acids is 1. The van der Waals surface area contributed by atoms with Crippen LogP contribution in [0.1, 0.15) is 67.7 Å². The van der Waals surface area contributed by atoms with Gasteiger partial charge in [-0.15, -0.1) is 0 Å². The Morgan fingerprint density at radius 2 is 1.95 bits per heavy atom. The number of nitrogens with zero attached hydrogens (tertiary/aromatic N) is 1. The first-order chi connectivity index (χ1) is 8.86. The molecule has 0 aromatic carbocycles. The standard InChI is InChI=1S/C13H25NO3.C2H6/c1-6-11-8-12(17-10(4)15)9(3)13(5,7-2)14(11)16;1-2/h9,11-12,16H,6-8H2,1-5H3;1-2H3. The summed E-state index contributed by atoms with van der Waals surface area (Å²) in [4.78, 5) is 11.1. The molecule has 1 fully saturated rings. The van der Waals surface area contributed by atoms with Gasteiger partial charge in [0.25, 0.3) is 0 Å². The third-order valence-corrected chi connectivity index (χ3v) is 4.42. The summed E-state index contributed by atoms with van der Waals surface area (Å²) < 4.78 is 5.40. The van der Waals surface area contributed by atoms with E-state index in [4.69, 9.17) is 4.74 Å². The van der Waals surface area contributed by atoms with Crippen LogP contribution in [-0.2, 0) is 9.53 Å². The average molecular weight is 273 g/mol. The first-order valence-corrected chi connectivity index (χ1v) is 7.52. The first kappa shape index (κ1) is 18.4. The van der Waals surface area contributed by atoms with Crippen LogP contribution in [0, 0.1) is 5.92 Å². The van der Waals surface area contributed by atoms with Crippen molar-refractivity contribution in [3.05, 3.63) is 0 Å². The highest BCUT2D eigenvalue weighted by atomic mass is 16.5. The predicted octanol–water partition coefficient (Wildman–Crippen LogP) is 3.62. The maximum Gasteiger partial charge on any atom is 0.302 e. The molecule has 0 aliphatic carbocycles. The molecule has 19 heavy (non-hydrogen) atoms. The molecule has 4 heteroatoms. The lowest BCUT2D eigenvalue weighted by atomic mass is 9.74. The number of esters is 1. The molecule has 1 heterocycles. The van der Waals surface area contributed by atoms with Gasteiger partial charge in [0.15, 0.2) is 0 Å². The van der Waals surface area contributed by atoms with E-state index in [1.807, 2.05) is 34.6 Å². The maximum atomic E-state index is 11.1. The van der Waals surface area contributed by atoms with Crippen molar-refractivity contribution in [3.8, 4) is 0 Å². The van der Waals surface area contributed by atoms with E-state index >= 15 is 0 Å². The molecule has 1 N–H and O–H groups in total. The number of carbonyl (C=O) groups is 1. The number of ether oxygens (including phenoxy) is 1. The van der Waals surface area contributed by atoms with Crippen LogP contribution in [0.4, 0.5) is 0 Å². The van der Waals surface area contributed by atoms with Crippen LogP contribution < -0.4 is 0 Å². The Balaban J connectivity index is 0.00000154.